The van der Waals surface area contributed by atoms with E-state index in [1.807, 2.05) is 79.1 Å². The van der Waals surface area contributed by atoms with E-state index in [9.17, 15) is 4.79 Å². The van der Waals surface area contributed by atoms with Gasteiger partial charge in [0.15, 0.2) is 5.65 Å². The number of amides is 1. The minimum atomic E-state index is -0.250. The lowest BCUT2D eigenvalue weighted by molar-refractivity contribution is -0.121. The van der Waals surface area contributed by atoms with Gasteiger partial charge in [-0.15, -0.1) is 0 Å². The van der Waals surface area contributed by atoms with E-state index in [0.717, 1.165) is 33.2 Å². The number of carbonyl (C=O) groups excluding carboxylic acids is 1. The molecule has 6 nitrogen and oxygen atoms in total. The van der Waals surface area contributed by atoms with Crippen molar-refractivity contribution in [1.82, 2.24) is 20.0 Å². The second-order valence-electron chi connectivity index (χ2n) is 7.73. The number of halogens is 1. The maximum atomic E-state index is 12.8. The number of aromatic nitrogens is 3. The monoisotopic (exact) mass is 441 g/mol. The van der Waals surface area contributed by atoms with Gasteiger partial charge in [-0.05, 0) is 49.7 Å². The van der Waals surface area contributed by atoms with Crippen molar-refractivity contribution >= 4 is 56.3 Å². The summed E-state index contributed by atoms with van der Waals surface area (Å²) in [5, 5.41) is 5.74. The minimum absolute atomic E-state index is 0.0549. The molecule has 0 aliphatic rings. The molecule has 5 rings (SSSR count). The van der Waals surface area contributed by atoms with Crippen LogP contribution in [0.2, 0.25) is 5.02 Å². The number of fused-ring (bicyclic) bond motifs is 4. The molecule has 0 aliphatic heterocycles. The Kier molecular flexibility index (Phi) is 5.07. The van der Waals surface area contributed by atoms with Crippen molar-refractivity contribution < 1.29 is 4.79 Å². The van der Waals surface area contributed by atoms with E-state index in [4.69, 9.17) is 21.6 Å². The summed E-state index contributed by atoms with van der Waals surface area (Å²) in [6.07, 6.45) is 0. The zero-order valence-electron chi connectivity index (χ0n) is 17.6. The second-order valence-corrected chi connectivity index (χ2v) is 8.17. The van der Waals surface area contributed by atoms with Gasteiger partial charge in [-0.25, -0.2) is 15.4 Å². The van der Waals surface area contributed by atoms with Gasteiger partial charge < -0.3 is 4.57 Å². The molecule has 7 heteroatoms. The summed E-state index contributed by atoms with van der Waals surface area (Å²) in [5.74, 6) is -0.250. The summed E-state index contributed by atoms with van der Waals surface area (Å²) in [5.41, 5.74) is 9.28. The van der Waals surface area contributed by atoms with Crippen LogP contribution < -0.4 is 5.43 Å². The van der Waals surface area contributed by atoms with Crippen molar-refractivity contribution in [3.05, 3.63) is 82.9 Å². The highest BCUT2D eigenvalue weighted by Crippen LogP contribution is 2.30. The molecule has 0 spiro atoms. The van der Waals surface area contributed by atoms with Crippen LogP contribution in [0.5, 0.6) is 0 Å². The Morgan fingerprint density at radius 2 is 1.75 bits per heavy atom. The van der Waals surface area contributed by atoms with E-state index in [1.54, 1.807) is 6.07 Å². The molecule has 0 atom stereocenters. The molecular weight excluding hydrogens is 422 g/mol. The van der Waals surface area contributed by atoms with Crippen LogP contribution in [0.15, 0.2) is 71.8 Å². The number of aryl methyl sites for hydroxylation is 1. The first-order chi connectivity index (χ1) is 15.5. The molecule has 1 N–H and O–H groups in total. The molecule has 158 valence electrons. The Balaban J connectivity index is 1.52. The topological polar surface area (TPSA) is 72.2 Å². The van der Waals surface area contributed by atoms with Crippen molar-refractivity contribution in [3.8, 4) is 0 Å². The van der Waals surface area contributed by atoms with Gasteiger partial charge in [-0.1, -0.05) is 53.6 Å². The highest BCUT2D eigenvalue weighted by Gasteiger charge is 2.17. The Morgan fingerprint density at radius 3 is 2.50 bits per heavy atom. The molecule has 0 saturated heterocycles. The van der Waals surface area contributed by atoms with Gasteiger partial charge in [-0.2, -0.15) is 5.10 Å². The molecule has 2 heterocycles. The lowest BCUT2D eigenvalue weighted by Gasteiger charge is -2.07. The quantitative estimate of drug-likeness (QED) is 0.306. The zero-order chi connectivity index (χ0) is 22.2. The molecule has 5 aromatic rings. The fourth-order valence-corrected chi connectivity index (χ4v) is 3.92. The van der Waals surface area contributed by atoms with E-state index in [2.05, 4.69) is 10.5 Å². The van der Waals surface area contributed by atoms with Gasteiger partial charge >= 0.3 is 0 Å². The largest absolute Gasteiger partial charge is 0.314 e. The standard InChI is InChI=1S/C25H20ClN5O/c1-15-7-9-17(10-8-15)16(2)29-30-23(32)14-31-22-12-11-18(26)13-19(22)24-25(31)28-21-6-4-3-5-20(21)27-24/h3-13H,14H2,1-2H3,(H,30,32). The number of para-hydroxylation sites is 2. The Bertz CT molecular complexity index is 1520. The fourth-order valence-electron chi connectivity index (χ4n) is 3.75. The molecule has 32 heavy (non-hydrogen) atoms. The van der Waals surface area contributed by atoms with Gasteiger partial charge in [0.1, 0.15) is 12.1 Å². The van der Waals surface area contributed by atoms with Crippen molar-refractivity contribution in [3.63, 3.8) is 0 Å². The smallest absolute Gasteiger partial charge is 0.260 e. The summed E-state index contributed by atoms with van der Waals surface area (Å²) < 4.78 is 1.85. The van der Waals surface area contributed by atoms with Crippen molar-refractivity contribution in [1.29, 1.82) is 0 Å². The zero-order valence-corrected chi connectivity index (χ0v) is 18.4. The van der Waals surface area contributed by atoms with Crippen LogP contribution in [-0.2, 0) is 11.3 Å². The van der Waals surface area contributed by atoms with Crippen molar-refractivity contribution in [2.75, 3.05) is 0 Å². The van der Waals surface area contributed by atoms with E-state index in [-0.39, 0.29) is 12.5 Å². The third kappa shape index (κ3) is 3.69. The highest BCUT2D eigenvalue weighted by atomic mass is 35.5. The summed E-state index contributed by atoms with van der Waals surface area (Å²) in [6, 6.07) is 21.2. The van der Waals surface area contributed by atoms with Gasteiger partial charge in [0.2, 0.25) is 0 Å². The van der Waals surface area contributed by atoms with Gasteiger partial charge in [0.05, 0.1) is 22.3 Å². The molecule has 3 aromatic carbocycles. The average molecular weight is 442 g/mol. The Hall–Kier alpha value is -3.77. The molecule has 1 amide bonds. The van der Waals surface area contributed by atoms with E-state index >= 15 is 0 Å². The molecule has 0 fully saturated rings. The number of benzene rings is 3. The number of nitrogens with one attached hydrogen (secondary N) is 1. The summed E-state index contributed by atoms with van der Waals surface area (Å²) in [4.78, 5) is 22.4. The Morgan fingerprint density at radius 1 is 1.03 bits per heavy atom. The van der Waals surface area contributed by atoms with Gasteiger partial charge in [0.25, 0.3) is 5.91 Å². The third-order valence-electron chi connectivity index (χ3n) is 5.43. The minimum Gasteiger partial charge on any atom is -0.314 e. The van der Waals surface area contributed by atoms with Crippen LogP contribution in [0, 0.1) is 6.92 Å². The number of hydrogen-bond donors (Lipinski definition) is 1. The molecular formula is C25H20ClN5O. The lowest BCUT2D eigenvalue weighted by Crippen LogP contribution is -2.24. The van der Waals surface area contributed by atoms with Crippen LogP contribution in [-0.4, -0.2) is 26.2 Å². The van der Waals surface area contributed by atoms with Gasteiger partial charge in [-0.3, -0.25) is 4.79 Å². The predicted octanol–water partition coefficient (Wildman–Crippen LogP) is 5.24. The normalized spacial score (nSPS) is 12.0. The first-order valence-electron chi connectivity index (χ1n) is 10.2. The number of carbonyl (C=O) groups is 1. The van der Waals surface area contributed by atoms with Crippen LogP contribution in [0.1, 0.15) is 18.1 Å². The molecule has 0 aliphatic carbocycles. The van der Waals surface area contributed by atoms with Crippen LogP contribution >= 0.6 is 11.6 Å². The second kappa shape index (κ2) is 8.05. The summed E-state index contributed by atoms with van der Waals surface area (Å²) in [6.45, 7) is 3.95. The number of hydrazone groups is 1. The predicted molar refractivity (Wildman–Crippen MR) is 129 cm³/mol. The maximum Gasteiger partial charge on any atom is 0.260 e. The average Bonchev–Trinajstić information content (AvgIpc) is 3.08. The third-order valence-corrected chi connectivity index (χ3v) is 5.67. The lowest BCUT2D eigenvalue weighted by atomic mass is 10.1. The van der Waals surface area contributed by atoms with Gasteiger partial charge in [0, 0.05) is 10.4 Å². The van der Waals surface area contributed by atoms with Crippen molar-refractivity contribution in [2.45, 2.75) is 20.4 Å². The molecule has 0 radical (unpaired) electrons. The molecule has 0 bridgehead atoms. The molecule has 2 aromatic heterocycles. The first kappa shape index (κ1) is 20.2. The van der Waals surface area contributed by atoms with Crippen LogP contribution in [0.4, 0.5) is 0 Å². The fraction of sp³-hybridized carbons (Fsp3) is 0.120. The maximum absolute atomic E-state index is 12.8. The van der Waals surface area contributed by atoms with Crippen LogP contribution in [0.3, 0.4) is 0 Å². The SMILES string of the molecule is CC(=NNC(=O)Cn1c2ccc(Cl)cc2c2nc3ccccc3nc21)c1ccc(C)cc1. The highest BCUT2D eigenvalue weighted by molar-refractivity contribution is 6.31. The summed E-state index contributed by atoms with van der Waals surface area (Å²) in [7, 11) is 0. The van der Waals surface area contributed by atoms with Crippen LogP contribution in [0.25, 0.3) is 33.1 Å². The van der Waals surface area contributed by atoms with E-state index in [0.29, 0.717) is 16.2 Å². The van der Waals surface area contributed by atoms with E-state index < -0.39 is 0 Å². The first-order valence-corrected chi connectivity index (χ1v) is 10.6. The molecule has 0 unspecified atom stereocenters. The summed E-state index contributed by atoms with van der Waals surface area (Å²) >= 11 is 6.25. The number of nitrogens with zero attached hydrogens (tertiary/aromatic N) is 4. The molecule has 0 saturated carbocycles. The Labute approximate surface area is 189 Å². The van der Waals surface area contributed by atoms with Crippen molar-refractivity contribution in [2.24, 2.45) is 5.10 Å². The number of rotatable bonds is 4. The number of hydrogen-bond acceptors (Lipinski definition) is 4. The van der Waals surface area contributed by atoms with E-state index in [1.165, 1.54) is 5.56 Å².